The smallest absolute Gasteiger partial charge is 0.367 e. The van der Waals surface area contributed by atoms with Crippen LogP contribution in [0.2, 0.25) is 5.02 Å². The van der Waals surface area contributed by atoms with Crippen LogP contribution in [-0.4, -0.2) is 24.6 Å². The molecule has 32 heavy (non-hydrogen) atoms. The van der Waals surface area contributed by atoms with Crippen molar-refractivity contribution in [2.24, 2.45) is 0 Å². The lowest BCUT2D eigenvalue weighted by molar-refractivity contribution is -0.176. The molecular weight excluding hydrogens is 465 g/mol. The first kappa shape index (κ1) is 23.8. The van der Waals surface area contributed by atoms with Gasteiger partial charge < -0.3 is 15.4 Å². The van der Waals surface area contributed by atoms with E-state index in [1.807, 2.05) is 0 Å². The molecule has 0 aliphatic carbocycles. The number of thiophene rings is 1. The van der Waals surface area contributed by atoms with E-state index in [1.165, 1.54) is 23.5 Å². The van der Waals surface area contributed by atoms with E-state index in [0.717, 1.165) is 5.56 Å². The average molecular weight is 483 g/mol. The maximum absolute atomic E-state index is 12.5. The van der Waals surface area contributed by atoms with Gasteiger partial charge in [-0.2, -0.15) is 13.2 Å². The minimum atomic E-state index is -4.36. The average Bonchev–Trinajstić information content (AvgIpc) is 3.29. The van der Waals surface area contributed by atoms with E-state index in [1.54, 1.807) is 47.8 Å². The van der Waals surface area contributed by atoms with Crippen LogP contribution in [0.25, 0.3) is 0 Å². The fourth-order valence-electron chi connectivity index (χ4n) is 2.68. The lowest BCUT2D eigenvalue weighted by atomic mass is 10.1. The number of carbonyl (C=O) groups excluding carboxylic acids is 2. The second-order valence-corrected chi connectivity index (χ2v) is 8.09. The van der Waals surface area contributed by atoms with Gasteiger partial charge in [-0.15, -0.1) is 11.3 Å². The lowest BCUT2D eigenvalue weighted by Crippen LogP contribution is -2.23. The van der Waals surface area contributed by atoms with Crippen molar-refractivity contribution in [1.29, 1.82) is 0 Å². The molecule has 0 radical (unpaired) electrons. The normalized spacial score (nSPS) is 11.2. The molecule has 2 N–H and O–H groups in total. The molecule has 0 aliphatic rings. The molecule has 2 amide bonds. The van der Waals surface area contributed by atoms with Crippen LogP contribution in [0.5, 0.6) is 0 Å². The Morgan fingerprint density at radius 2 is 1.72 bits per heavy atom. The predicted molar refractivity (Wildman–Crippen MR) is 117 cm³/mol. The molecule has 5 nitrogen and oxygen atoms in total. The molecule has 1 heterocycles. The van der Waals surface area contributed by atoms with Crippen molar-refractivity contribution < 1.29 is 27.5 Å². The third kappa shape index (κ3) is 7.08. The number of halogens is 4. The number of ether oxygens (including phenoxy) is 1. The van der Waals surface area contributed by atoms with Crippen molar-refractivity contribution in [3.05, 3.63) is 86.6 Å². The molecule has 10 heteroatoms. The van der Waals surface area contributed by atoms with E-state index in [2.05, 4.69) is 15.4 Å². The number of amides is 2. The number of anilines is 1. The van der Waals surface area contributed by atoms with E-state index < -0.39 is 12.8 Å². The van der Waals surface area contributed by atoms with E-state index in [0.29, 0.717) is 26.7 Å². The molecular formula is C22H18ClF3N2O3S. The number of hydrogen-bond acceptors (Lipinski definition) is 4. The van der Waals surface area contributed by atoms with Crippen molar-refractivity contribution in [2.75, 3.05) is 11.9 Å². The van der Waals surface area contributed by atoms with Crippen LogP contribution < -0.4 is 10.6 Å². The molecule has 3 aromatic rings. The molecule has 2 aromatic carbocycles. The van der Waals surface area contributed by atoms with Crippen LogP contribution in [0.15, 0.2) is 60.0 Å². The quantitative estimate of drug-likeness (QED) is 0.435. The first-order chi connectivity index (χ1) is 15.2. The Balaban J connectivity index is 1.55. The number of carbonyl (C=O) groups is 2. The number of hydrogen-bond donors (Lipinski definition) is 2. The summed E-state index contributed by atoms with van der Waals surface area (Å²) in [5, 5.41) is 7.52. The molecule has 168 valence electrons. The largest absolute Gasteiger partial charge is 0.411 e. The van der Waals surface area contributed by atoms with Crippen molar-refractivity contribution in [1.82, 2.24) is 5.32 Å². The van der Waals surface area contributed by atoms with Gasteiger partial charge in [-0.05, 0) is 40.8 Å². The molecule has 1 aromatic heterocycles. The summed E-state index contributed by atoms with van der Waals surface area (Å²) in [4.78, 5) is 25.3. The zero-order chi connectivity index (χ0) is 23.1. The maximum atomic E-state index is 12.5. The van der Waals surface area contributed by atoms with Crippen LogP contribution in [0.4, 0.5) is 18.9 Å². The SMILES string of the molecule is O=C(NCc1ccc(COCC(F)(F)F)cc1)c1ccc(Cl)c(NC(=O)c2cccs2)c1. The molecule has 0 fully saturated rings. The first-order valence-corrected chi connectivity index (χ1v) is 10.6. The predicted octanol–water partition coefficient (Wildman–Crippen LogP) is 5.66. The highest BCUT2D eigenvalue weighted by Crippen LogP contribution is 2.24. The minimum Gasteiger partial charge on any atom is -0.367 e. The summed E-state index contributed by atoms with van der Waals surface area (Å²) in [5.74, 6) is -0.690. The molecule has 0 saturated heterocycles. The van der Waals surface area contributed by atoms with Gasteiger partial charge in [0.2, 0.25) is 0 Å². The highest BCUT2D eigenvalue weighted by atomic mass is 35.5. The number of alkyl halides is 3. The molecule has 0 spiro atoms. The monoisotopic (exact) mass is 482 g/mol. The van der Waals surface area contributed by atoms with E-state index in [9.17, 15) is 22.8 Å². The number of nitrogens with one attached hydrogen (secondary N) is 2. The first-order valence-electron chi connectivity index (χ1n) is 9.36. The van der Waals surface area contributed by atoms with Crippen molar-refractivity contribution in [2.45, 2.75) is 19.3 Å². The topological polar surface area (TPSA) is 67.4 Å². The summed E-state index contributed by atoms with van der Waals surface area (Å²) < 4.78 is 41.0. The van der Waals surface area contributed by atoms with Gasteiger partial charge in [0.1, 0.15) is 6.61 Å². The van der Waals surface area contributed by atoms with Crippen LogP contribution in [0.3, 0.4) is 0 Å². The molecule has 0 bridgehead atoms. The lowest BCUT2D eigenvalue weighted by Gasteiger charge is -2.10. The Hall–Kier alpha value is -2.88. The zero-order valence-corrected chi connectivity index (χ0v) is 18.1. The molecule has 3 rings (SSSR count). The summed E-state index contributed by atoms with van der Waals surface area (Å²) in [5.41, 5.74) is 1.99. The highest BCUT2D eigenvalue weighted by molar-refractivity contribution is 7.12. The van der Waals surface area contributed by atoms with Crippen molar-refractivity contribution in [3.8, 4) is 0 Å². The molecule has 0 atom stereocenters. The van der Waals surface area contributed by atoms with E-state index >= 15 is 0 Å². The second-order valence-electron chi connectivity index (χ2n) is 6.73. The van der Waals surface area contributed by atoms with Gasteiger partial charge >= 0.3 is 6.18 Å². The van der Waals surface area contributed by atoms with Crippen LogP contribution in [0.1, 0.15) is 31.2 Å². The highest BCUT2D eigenvalue weighted by Gasteiger charge is 2.27. The fraction of sp³-hybridized carbons (Fsp3) is 0.182. The van der Waals surface area contributed by atoms with Crippen LogP contribution >= 0.6 is 22.9 Å². The van der Waals surface area contributed by atoms with Crippen LogP contribution in [-0.2, 0) is 17.9 Å². The summed E-state index contributed by atoms with van der Waals surface area (Å²) in [7, 11) is 0. The number of rotatable bonds is 8. The van der Waals surface area contributed by atoms with Gasteiger partial charge in [-0.3, -0.25) is 9.59 Å². The minimum absolute atomic E-state index is 0.156. The fourth-order valence-corrected chi connectivity index (χ4v) is 3.46. The van der Waals surface area contributed by atoms with Gasteiger partial charge in [0.15, 0.2) is 0 Å². The summed E-state index contributed by atoms with van der Waals surface area (Å²) in [6.07, 6.45) is -4.36. The van der Waals surface area contributed by atoms with Gasteiger partial charge in [-0.1, -0.05) is 41.9 Å². The summed E-state index contributed by atoms with van der Waals surface area (Å²) in [6, 6.07) is 14.7. The van der Waals surface area contributed by atoms with Crippen molar-refractivity contribution >= 4 is 40.4 Å². The molecule has 0 unspecified atom stereocenters. The third-order valence-electron chi connectivity index (χ3n) is 4.23. The van der Waals surface area contributed by atoms with E-state index in [4.69, 9.17) is 11.6 Å². The van der Waals surface area contributed by atoms with Gasteiger partial charge in [0.25, 0.3) is 11.8 Å². The number of benzene rings is 2. The molecule has 0 saturated carbocycles. The Bertz CT molecular complexity index is 1070. The maximum Gasteiger partial charge on any atom is 0.411 e. The Morgan fingerprint density at radius 3 is 2.38 bits per heavy atom. The van der Waals surface area contributed by atoms with Gasteiger partial charge in [0.05, 0.1) is 22.2 Å². The second kappa shape index (κ2) is 10.6. The van der Waals surface area contributed by atoms with Crippen molar-refractivity contribution in [3.63, 3.8) is 0 Å². The Kier molecular flexibility index (Phi) is 7.89. The van der Waals surface area contributed by atoms with Gasteiger partial charge in [-0.25, -0.2) is 0 Å². The standard InChI is InChI=1S/C22H18ClF3N2O3S/c23-17-8-7-16(10-18(17)28-21(30)19-2-1-9-32-19)20(29)27-11-14-3-5-15(6-4-14)12-31-13-22(24,25)26/h1-10H,11-13H2,(H,27,29)(H,28,30). The van der Waals surface area contributed by atoms with Gasteiger partial charge in [0, 0.05) is 12.1 Å². The Morgan fingerprint density at radius 1 is 1.00 bits per heavy atom. The summed E-state index contributed by atoms with van der Waals surface area (Å²) >= 11 is 7.43. The Labute approximate surface area is 191 Å². The van der Waals surface area contributed by atoms with Crippen LogP contribution in [0, 0.1) is 0 Å². The van der Waals surface area contributed by atoms with E-state index in [-0.39, 0.29) is 25.0 Å². The zero-order valence-electron chi connectivity index (χ0n) is 16.5. The molecule has 0 aliphatic heterocycles. The third-order valence-corrected chi connectivity index (χ3v) is 5.43. The summed E-state index contributed by atoms with van der Waals surface area (Å²) in [6.45, 7) is -1.25.